The van der Waals surface area contributed by atoms with Crippen molar-refractivity contribution in [3.8, 4) is 0 Å². The molecule has 4 nitrogen and oxygen atoms in total. The number of nitrogens with one attached hydrogen (secondary N) is 1. The molecule has 1 aromatic carbocycles. The van der Waals surface area contributed by atoms with E-state index in [4.69, 9.17) is 16.3 Å². The quantitative estimate of drug-likeness (QED) is 0.630. The molecule has 6 heteroatoms. The van der Waals surface area contributed by atoms with Crippen molar-refractivity contribution in [2.45, 2.75) is 50.3 Å². The van der Waals surface area contributed by atoms with Crippen LogP contribution in [0, 0.1) is 30.0 Å². The van der Waals surface area contributed by atoms with Crippen LogP contribution in [0.5, 0.6) is 0 Å². The van der Waals surface area contributed by atoms with Crippen LogP contribution in [0.4, 0.5) is 10.1 Å². The van der Waals surface area contributed by atoms with E-state index >= 15 is 0 Å². The van der Waals surface area contributed by atoms with E-state index in [-0.39, 0.29) is 16.5 Å². The second kappa shape index (κ2) is 6.22. The van der Waals surface area contributed by atoms with Crippen molar-refractivity contribution in [1.29, 1.82) is 0 Å². The first kappa shape index (κ1) is 17.8. The predicted octanol–water partition coefficient (Wildman–Crippen LogP) is 4.19. The first-order chi connectivity index (χ1) is 12.3. The number of ether oxygens (including phenoxy) is 1. The number of hydrogen-bond acceptors (Lipinski definition) is 3. The molecule has 0 spiro atoms. The van der Waals surface area contributed by atoms with Crippen molar-refractivity contribution in [2.24, 2.45) is 17.3 Å². The molecule has 26 heavy (non-hydrogen) atoms. The lowest BCUT2D eigenvalue weighted by Crippen LogP contribution is -2.56. The zero-order valence-electron chi connectivity index (χ0n) is 14.8. The summed E-state index contributed by atoms with van der Waals surface area (Å²) in [6.45, 7) is 1.37. The lowest BCUT2D eigenvalue weighted by Gasteiger charge is -2.58. The SMILES string of the molecule is Cc1ccc(NC(=O)COC(=O)C23C[C@@H]4C[C@@H](CC(Cl)(C4)C2)C3)c(F)c1. The smallest absolute Gasteiger partial charge is 0.312 e. The van der Waals surface area contributed by atoms with E-state index in [1.165, 1.54) is 12.1 Å². The van der Waals surface area contributed by atoms with Gasteiger partial charge in [0.1, 0.15) is 5.82 Å². The molecule has 0 aliphatic heterocycles. The zero-order chi connectivity index (χ0) is 18.5. The number of anilines is 1. The Hall–Kier alpha value is -1.62. The first-order valence-corrected chi connectivity index (χ1v) is 9.57. The van der Waals surface area contributed by atoms with Gasteiger partial charge >= 0.3 is 5.97 Å². The summed E-state index contributed by atoms with van der Waals surface area (Å²) in [4.78, 5) is 24.6. The Morgan fingerprint density at radius 2 is 1.96 bits per heavy atom. The van der Waals surface area contributed by atoms with Gasteiger partial charge in [0.05, 0.1) is 11.1 Å². The van der Waals surface area contributed by atoms with Gasteiger partial charge in [0.25, 0.3) is 5.91 Å². The molecule has 0 heterocycles. The normalized spacial score (nSPS) is 34.6. The molecule has 4 fully saturated rings. The van der Waals surface area contributed by atoms with Crippen LogP contribution in [0.15, 0.2) is 18.2 Å². The Labute approximate surface area is 157 Å². The van der Waals surface area contributed by atoms with E-state index in [0.29, 0.717) is 18.3 Å². The Balaban J connectivity index is 1.37. The maximum atomic E-state index is 13.8. The number of carbonyl (C=O) groups is 2. The van der Waals surface area contributed by atoms with Gasteiger partial charge in [-0.25, -0.2) is 4.39 Å². The summed E-state index contributed by atoms with van der Waals surface area (Å²) in [5.74, 6) is -0.397. The third-order valence-corrected chi connectivity index (χ3v) is 6.60. The van der Waals surface area contributed by atoms with Gasteiger partial charge in [0.2, 0.25) is 0 Å². The van der Waals surface area contributed by atoms with Gasteiger partial charge in [-0.05, 0) is 75.0 Å². The molecule has 1 aromatic rings. The highest BCUT2D eigenvalue weighted by atomic mass is 35.5. The lowest BCUT2D eigenvalue weighted by molar-refractivity contribution is -0.171. The summed E-state index contributed by atoms with van der Waals surface area (Å²) in [6, 6.07) is 4.55. The molecule has 4 atom stereocenters. The highest BCUT2D eigenvalue weighted by molar-refractivity contribution is 6.24. The van der Waals surface area contributed by atoms with Crippen molar-refractivity contribution >= 4 is 29.2 Å². The molecule has 4 aliphatic rings. The van der Waals surface area contributed by atoms with Crippen LogP contribution in [-0.4, -0.2) is 23.4 Å². The van der Waals surface area contributed by atoms with Gasteiger partial charge < -0.3 is 10.1 Å². The van der Waals surface area contributed by atoms with Crippen LogP contribution in [0.1, 0.15) is 44.1 Å². The second-order valence-electron chi connectivity index (χ2n) is 8.50. The highest BCUT2D eigenvalue weighted by Gasteiger charge is 2.60. The average Bonchev–Trinajstić information content (AvgIpc) is 2.53. The molecule has 1 amide bonds. The van der Waals surface area contributed by atoms with Gasteiger partial charge in [-0.2, -0.15) is 0 Å². The van der Waals surface area contributed by atoms with E-state index in [9.17, 15) is 14.0 Å². The summed E-state index contributed by atoms with van der Waals surface area (Å²) in [7, 11) is 0. The maximum Gasteiger partial charge on any atom is 0.312 e. The van der Waals surface area contributed by atoms with E-state index in [1.807, 2.05) is 0 Å². The lowest BCUT2D eigenvalue weighted by atomic mass is 9.49. The maximum absolute atomic E-state index is 13.8. The monoisotopic (exact) mass is 379 g/mol. The van der Waals surface area contributed by atoms with Crippen molar-refractivity contribution in [3.05, 3.63) is 29.6 Å². The van der Waals surface area contributed by atoms with E-state index in [1.54, 1.807) is 13.0 Å². The van der Waals surface area contributed by atoms with Crippen LogP contribution in [0.2, 0.25) is 0 Å². The molecule has 0 saturated heterocycles. The average molecular weight is 380 g/mol. The van der Waals surface area contributed by atoms with Crippen LogP contribution in [0.3, 0.4) is 0 Å². The Kier molecular flexibility index (Phi) is 4.25. The van der Waals surface area contributed by atoms with Crippen LogP contribution in [-0.2, 0) is 14.3 Å². The van der Waals surface area contributed by atoms with Crippen molar-refractivity contribution in [1.82, 2.24) is 0 Å². The summed E-state index contributed by atoms with van der Waals surface area (Å²) in [5.41, 5.74) is 0.316. The van der Waals surface area contributed by atoms with Crippen LogP contribution < -0.4 is 5.32 Å². The molecule has 4 bridgehead atoms. The zero-order valence-corrected chi connectivity index (χ0v) is 15.6. The van der Waals surface area contributed by atoms with Crippen molar-refractivity contribution in [3.63, 3.8) is 0 Å². The molecule has 140 valence electrons. The predicted molar refractivity (Wildman–Crippen MR) is 96.4 cm³/mol. The van der Waals surface area contributed by atoms with Gasteiger partial charge in [0.15, 0.2) is 6.61 Å². The number of aryl methyl sites for hydroxylation is 1. The molecule has 2 unspecified atom stereocenters. The summed E-state index contributed by atoms with van der Waals surface area (Å²) < 4.78 is 19.2. The van der Waals surface area contributed by atoms with Gasteiger partial charge in [0, 0.05) is 4.87 Å². The fraction of sp³-hybridized carbons (Fsp3) is 0.600. The molecule has 0 radical (unpaired) electrons. The molecule has 4 saturated carbocycles. The number of carbonyl (C=O) groups excluding carboxylic acids is 2. The van der Waals surface area contributed by atoms with Crippen molar-refractivity contribution in [2.75, 3.05) is 11.9 Å². The molecule has 1 N–H and O–H groups in total. The molecule has 4 aliphatic carbocycles. The van der Waals surface area contributed by atoms with E-state index in [0.717, 1.165) is 37.7 Å². The first-order valence-electron chi connectivity index (χ1n) is 9.19. The highest BCUT2D eigenvalue weighted by Crippen LogP contribution is 2.64. The summed E-state index contributed by atoms with van der Waals surface area (Å²) >= 11 is 6.74. The number of alkyl halides is 1. The van der Waals surface area contributed by atoms with Crippen molar-refractivity contribution < 1.29 is 18.7 Å². The standard InChI is InChI=1S/C20H23ClFNO3/c1-12-2-3-16(15(22)4-12)23-17(24)10-26-18(25)19-6-13-5-14(7-19)9-20(21,8-13)11-19/h2-4,13-14H,5-11H2,1H3,(H,23,24)/t13-,14+,19?,20?. The minimum atomic E-state index is -0.540. The third-order valence-electron chi connectivity index (χ3n) is 6.16. The number of amides is 1. The fourth-order valence-corrected chi connectivity index (χ4v) is 6.27. The number of halogens is 2. The third kappa shape index (κ3) is 3.22. The van der Waals surface area contributed by atoms with Crippen LogP contribution >= 0.6 is 11.6 Å². The molecular weight excluding hydrogens is 357 g/mol. The minimum Gasteiger partial charge on any atom is -0.455 e. The van der Waals surface area contributed by atoms with Gasteiger partial charge in [-0.15, -0.1) is 11.6 Å². The number of hydrogen-bond donors (Lipinski definition) is 1. The number of benzene rings is 1. The topological polar surface area (TPSA) is 55.4 Å². The fourth-order valence-electron chi connectivity index (χ4n) is 5.58. The largest absolute Gasteiger partial charge is 0.455 e. The minimum absolute atomic E-state index is 0.0890. The second-order valence-corrected chi connectivity index (χ2v) is 9.30. The summed E-state index contributed by atoms with van der Waals surface area (Å²) in [6.07, 6.45) is 5.37. The van der Waals surface area contributed by atoms with E-state index in [2.05, 4.69) is 5.32 Å². The number of rotatable bonds is 4. The molecule has 5 rings (SSSR count). The van der Waals surface area contributed by atoms with E-state index < -0.39 is 23.7 Å². The molecule has 0 aromatic heterocycles. The Bertz CT molecular complexity index is 751. The Morgan fingerprint density at radius 3 is 2.58 bits per heavy atom. The summed E-state index contributed by atoms with van der Waals surface area (Å²) in [5, 5.41) is 2.46. The van der Waals surface area contributed by atoms with Gasteiger partial charge in [-0.3, -0.25) is 9.59 Å². The van der Waals surface area contributed by atoms with Gasteiger partial charge in [-0.1, -0.05) is 6.07 Å². The molecular formula is C20H23ClFNO3. The number of esters is 1. The van der Waals surface area contributed by atoms with Crippen LogP contribution in [0.25, 0.3) is 0 Å². The Morgan fingerprint density at radius 1 is 1.27 bits per heavy atom.